The molecule has 12 heteroatoms. The van der Waals surface area contributed by atoms with Crippen LogP contribution in [0.3, 0.4) is 0 Å². The van der Waals surface area contributed by atoms with Crippen LogP contribution in [0.1, 0.15) is 35.7 Å². The van der Waals surface area contributed by atoms with Crippen molar-refractivity contribution in [1.82, 2.24) is 20.4 Å². The number of aryl methyl sites for hydroxylation is 2. The van der Waals surface area contributed by atoms with Crippen molar-refractivity contribution < 1.29 is 28.3 Å². The van der Waals surface area contributed by atoms with Gasteiger partial charge in [-0.05, 0) is 26.7 Å². The third-order valence-electron chi connectivity index (χ3n) is 4.95. The molecule has 0 saturated carbocycles. The monoisotopic (exact) mass is 482 g/mol. The SMILES string of the molecule is Cc1cc(C2=C(Cl)CCN(OC(=O)C(=O)ON3CCC(Cl)=C(c4cc(C)on4)C3)C2)no1. The van der Waals surface area contributed by atoms with Crippen LogP contribution in [0.25, 0.3) is 11.1 Å². The summed E-state index contributed by atoms with van der Waals surface area (Å²) in [6.07, 6.45) is 0.863. The largest absolute Gasteiger partial charge is 0.438 e. The summed E-state index contributed by atoms with van der Waals surface area (Å²) < 4.78 is 10.2. The number of rotatable bonds is 4. The van der Waals surface area contributed by atoms with E-state index in [0.717, 1.165) is 0 Å². The summed E-state index contributed by atoms with van der Waals surface area (Å²) in [7, 11) is 0. The van der Waals surface area contributed by atoms with E-state index in [9.17, 15) is 9.59 Å². The summed E-state index contributed by atoms with van der Waals surface area (Å²) in [5.74, 6) is -1.02. The maximum absolute atomic E-state index is 12.3. The zero-order chi connectivity index (χ0) is 22.8. The third kappa shape index (κ3) is 5.04. The van der Waals surface area contributed by atoms with Gasteiger partial charge in [0.25, 0.3) is 0 Å². The molecule has 0 atom stereocenters. The Bertz CT molecular complexity index is 1020. The van der Waals surface area contributed by atoms with Gasteiger partial charge in [-0.25, -0.2) is 9.59 Å². The molecule has 0 amide bonds. The predicted octanol–water partition coefficient (Wildman–Crippen LogP) is 3.21. The van der Waals surface area contributed by atoms with Gasteiger partial charge in [-0.3, -0.25) is 0 Å². The van der Waals surface area contributed by atoms with Crippen molar-refractivity contribution in [2.24, 2.45) is 0 Å². The summed E-state index contributed by atoms with van der Waals surface area (Å²) in [6.45, 7) is 4.52. The van der Waals surface area contributed by atoms with Crippen molar-refractivity contribution in [3.63, 3.8) is 0 Å². The summed E-state index contributed by atoms with van der Waals surface area (Å²) in [6, 6.07) is 3.47. The first-order chi connectivity index (χ1) is 15.3. The molecule has 2 aliphatic heterocycles. The molecule has 0 aliphatic carbocycles. The Morgan fingerprint density at radius 1 is 0.844 bits per heavy atom. The molecular weight excluding hydrogens is 463 g/mol. The van der Waals surface area contributed by atoms with Crippen molar-refractivity contribution in [2.75, 3.05) is 26.2 Å². The molecule has 2 aliphatic rings. The van der Waals surface area contributed by atoms with Crippen LogP contribution >= 0.6 is 23.2 Å². The Labute approximate surface area is 193 Å². The smallest absolute Gasteiger partial charge is 0.361 e. The number of carbonyl (C=O) groups excluding carboxylic acids is 2. The van der Waals surface area contributed by atoms with Gasteiger partial charge in [0.05, 0.1) is 13.1 Å². The van der Waals surface area contributed by atoms with E-state index in [2.05, 4.69) is 10.3 Å². The minimum atomic E-state index is -1.14. The molecule has 170 valence electrons. The molecule has 10 nitrogen and oxygen atoms in total. The van der Waals surface area contributed by atoms with E-state index in [1.165, 1.54) is 10.1 Å². The van der Waals surface area contributed by atoms with Gasteiger partial charge in [0.15, 0.2) is 0 Å². The van der Waals surface area contributed by atoms with Crippen molar-refractivity contribution >= 4 is 46.3 Å². The normalized spacial score (nSPS) is 18.2. The fourth-order valence-electron chi connectivity index (χ4n) is 3.35. The van der Waals surface area contributed by atoms with Crippen molar-refractivity contribution in [2.45, 2.75) is 26.7 Å². The first kappa shape index (κ1) is 22.5. The minimum absolute atomic E-state index is 0.168. The highest BCUT2D eigenvalue weighted by Crippen LogP contribution is 2.30. The third-order valence-corrected chi connectivity index (χ3v) is 5.78. The Morgan fingerprint density at radius 2 is 1.25 bits per heavy atom. The van der Waals surface area contributed by atoms with Crippen molar-refractivity contribution in [1.29, 1.82) is 0 Å². The highest BCUT2D eigenvalue weighted by atomic mass is 35.5. The van der Waals surface area contributed by atoms with Crippen LogP contribution in [0.2, 0.25) is 0 Å². The summed E-state index contributed by atoms with van der Waals surface area (Å²) >= 11 is 12.6. The molecule has 32 heavy (non-hydrogen) atoms. The molecule has 0 aromatic carbocycles. The highest BCUT2D eigenvalue weighted by Gasteiger charge is 2.30. The standard InChI is InChI=1S/C20H20Cl2N4O6/c1-11-7-17(23-29-11)13-9-25(5-3-15(13)21)31-19(27)20(28)32-26-6-4-16(22)14(10-26)18-8-12(2)30-24-18/h7-8H,3-6,9-10H2,1-2H3. The highest BCUT2D eigenvalue weighted by molar-refractivity contribution is 6.33. The van der Waals surface area contributed by atoms with E-state index in [1.807, 2.05) is 0 Å². The van der Waals surface area contributed by atoms with Crippen LogP contribution in [0.4, 0.5) is 0 Å². The molecule has 0 fully saturated rings. The lowest BCUT2D eigenvalue weighted by molar-refractivity contribution is -0.215. The number of hydrogen-bond donors (Lipinski definition) is 0. The number of aromatic nitrogens is 2. The predicted molar refractivity (Wildman–Crippen MR) is 113 cm³/mol. The molecule has 0 bridgehead atoms. The minimum Gasteiger partial charge on any atom is -0.361 e. The zero-order valence-electron chi connectivity index (χ0n) is 17.4. The van der Waals surface area contributed by atoms with Crippen LogP contribution in [-0.4, -0.2) is 58.6 Å². The average Bonchev–Trinajstić information content (AvgIpc) is 3.39. The fourth-order valence-corrected chi connectivity index (χ4v) is 3.83. The number of halogens is 2. The first-order valence-electron chi connectivity index (χ1n) is 9.86. The van der Waals surface area contributed by atoms with E-state index in [-0.39, 0.29) is 13.1 Å². The van der Waals surface area contributed by atoms with Crippen LogP contribution in [-0.2, 0) is 19.3 Å². The quantitative estimate of drug-likeness (QED) is 0.601. The Morgan fingerprint density at radius 3 is 1.59 bits per heavy atom. The van der Waals surface area contributed by atoms with Crippen molar-refractivity contribution in [3.05, 3.63) is 45.1 Å². The molecule has 0 radical (unpaired) electrons. The van der Waals surface area contributed by atoms with E-state index in [0.29, 0.717) is 70.1 Å². The van der Waals surface area contributed by atoms with Crippen LogP contribution in [0.15, 0.2) is 31.2 Å². The maximum Gasteiger partial charge on any atom is 0.438 e. The lowest BCUT2D eigenvalue weighted by Crippen LogP contribution is -2.40. The molecular formula is C20H20Cl2N4O6. The van der Waals surface area contributed by atoms with Gasteiger partial charge in [0.1, 0.15) is 22.9 Å². The second kappa shape index (κ2) is 9.45. The molecule has 0 saturated heterocycles. The molecule has 2 aromatic heterocycles. The molecule has 4 heterocycles. The van der Waals surface area contributed by atoms with Gasteiger partial charge in [-0.1, -0.05) is 33.5 Å². The van der Waals surface area contributed by atoms with E-state index in [1.54, 1.807) is 26.0 Å². The van der Waals surface area contributed by atoms with E-state index < -0.39 is 11.9 Å². The Balaban J connectivity index is 1.34. The van der Waals surface area contributed by atoms with Crippen LogP contribution < -0.4 is 0 Å². The fraction of sp³-hybridized carbons (Fsp3) is 0.400. The van der Waals surface area contributed by atoms with Gasteiger partial charge in [-0.15, -0.1) is 10.1 Å². The average molecular weight is 483 g/mol. The molecule has 4 rings (SSSR count). The lowest BCUT2D eigenvalue weighted by Gasteiger charge is -2.28. The summed E-state index contributed by atoms with van der Waals surface area (Å²) in [4.78, 5) is 35.1. The Hall–Kier alpha value is -2.66. The second-order valence-corrected chi connectivity index (χ2v) is 8.31. The summed E-state index contributed by atoms with van der Waals surface area (Å²) in [5.41, 5.74) is 2.45. The number of hydrogen-bond acceptors (Lipinski definition) is 10. The number of carbonyl (C=O) groups is 2. The summed E-state index contributed by atoms with van der Waals surface area (Å²) in [5, 5.41) is 11.8. The van der Waals surface area contributed by atoms with Gasteiger partial charge in [-0.2, -0.15) is 0 Å². The molecule has 0 unspecified atom stereocenters. The topological polar surface area (TPSA) is 111 Å². The molecule has 0 N–H and O–H groups in total. The van der Waals surface area contributed by atoms with E-state index >= 15 is 0 Å². The number of hydroxylamine groups is 4. The van der Waals surface area contributed by atoms with E-state index in [4.69, 9.17) is 41.9 Å². The van der Waals surface area contributed by atoms with Gasteiger partial charge in [0, 0.05) is 46.4 Å². The Kier molecular flexibility index (Phi) is 6.66. The van der Waals surface area contributed by atoms with Crippen molar-refractivity contribution in [3.8, 4) is 0 Å². The lowest BCUT2D eigenvalue weighted by atomic mass is 10.1. The van der Waals surface area contributed by atoms with Gasteiger partial charge >= 0.3 is 11.9 Å². The molecule has 2 aromatic rings. The van der Waals surface area contributed by atoms with Gasteiger partial charge < -0.3 is 18.7 Å². The van der Waals surface area contributed by atoms with Gasteiger partial charge in [0.2, 0.25) is 0 Å². The first-order valence-corrected chi connectivity index (χ1v) is 10.6. The van der Waals surface area contributed by atoms with Crippen LogP contribution in [0.5, 0.6) is 0 Å². The zero-order valence-corrected chi connectivity index (χ0v) is 18.9. The molecule has 0 spiro atoms. The van der Waals surface area contributed by atoms with Crippen LogP contribution in [0, 0.1) is 13.8 Å². The maximum atomic E-state index is 12.3. The number of nitrogens with zero attached hydrogens (tertiary/aromatic N) is 4. The second-order valence-electron chi connectivity index (χ2n) is 7.40.